The van der Waals surface area contributed by atoms with Gasteiger partial charge in [-0.2, -0.15) is 5.26 Å². The molecule has 0 heterocycles. The summed E-state index contributed by atoms with van der Waals surface area (Å²) in [6, 6.07) is 8.00. The number of nitrogens with zero attached hydrogens (tertiary/aromatic N) is 1. The fourth-order valence-corrected chi connectivity index (χ4v) is 1.35. The molecule has 0 radical (unpaired) electrons. The average molecular weight is 201 g/mol. The van der Waals surface area contributed by atoms with E-state index in [2.05, 4.69) is 12.6 Å². The molecule has 0 spiro atoms. The number of aryl methyl sites for hydroxylation is 1. The van der Waals surface area contributed by atoms with Crippen molar-refractivity contribution in [3.63, 3.8) is 0 Å². The van der Waals surface area contributed by atoms with E-state index in [4.69, 9.17) is 10.00 Å². The second-order valence-electron chi connectivity index (χ2n) is 3.56. The number of nitriles is 1. The van der Waals surface area contributed by atoms with Gasteiger partial charge in [0, 0.05) is 6.42 Å². The van der Waals surface area contributed by atoms with Crippen molar-refractivity contribution in [1.29, 1.82) is 5.26 Å². The molecule has 0 fully saturated rings. The number of hydrogen-bond donors (Lipinski definition) is 0. The predicted octanol–water partition coefficient (Wildman–Crippen LogP) is 2.96. The molecule has 2 nitrogen and oxygen atoms in total. The minimum Gasteiger partial charge on any atom is -0.499 e. The molecule has 0 aliphatic rings. The highest BCUT2D eigenvalue weighted by molar-refractivity contribution is 5.39. The molecule has 0 atom stereocenters. The molecule has 0 amide bonds. The summed E-state index contributed by atoms with van der Waals surface area (Å²) in [5.41, 5.74) is 2.94. The van der Waals surface area contributed by atoms with Crippen LogP contribution in [0.4, 0.5) is 0 Å². The first kappa shape index (κ1) is 11.3. The average Bonchev–Trinajstić information content (AvgIpc) is 2.17. The molecule has 0 saturated carbocycles. The Hall–Kier alpha value is -1.75. The van der Waals surface area contributed by atoms with Gasteiger partial charge in [0.25, 0.3) is 0 Å². The van der Waals surface area contributed by atoms with Gasteiger partial charge < -0.3 is 4.74 Å². The number of hydrogen-bond acceptors (Lipinski definition) is 2. The molecular weight excluding hydrogens is 186 g/mol. The molecule has 1 aromatic rings. The van der Waals surface area contributed by atoms with Gasteiger partial charge in [-0.15, -0.1) is 0 Å². The smallest absolute Gasteiger partial charge is 0.0994 e. The quantitative estimate of drug-likeness (QED) is 0.702. The van der Waals surface area contributed by atoms with E-state index in [-0.39, 0.29) is 0 Å². The van der Waals surface area contributed by atoms with Crippen molar-refractivity contribution in [2.75, 3.05) is 6.61 Å². The zero-order valence-corrected chi connectivity index (χ0v) is 9.21. The van der Waals surface area contributed by atoms with Crippen LogP contribution in [0.3, 0.4) is 0 Å². The topological polar surface area (TPSA) is 33.0 Å². The van der Waals surface area contributed by atoms with Gasteiger partial charge in [0.05, 0.1) is 24.0 Å². The van der Waals surface area contributed by atoms with Crippen molar-refractivity contribution in [2.45, 2.75) is 20.3 Å². The third-order valence-corrected chi connectivity index (χ3v) is 2.15. The SMILES string of the molecule is C=C(C)OCCc1ccc(C#N)c(C)c1. The van der Waals surface area contributed by atoms with Crippen molar-refractivity contribution >= 4 is 0 Å². The molecule has 0 saturated heterocycles. The number of rotatable bonds is 4. The summed E-state index contributed by atoms with van der Waals surface area (Å²) in [5, 5.41) is 8.77. The molecule has 0 unspecified atom stereocenters. The summed E-state index contributed by atoms with van der Waals surface area (Å²) in [4.78, 5) is 0. The molecule has 0 aromatic heterocycles. The second kappa shape index (κ2) is 5.21. The zero-order chi connectivity index (χ0) is 11.3. The maximum Gasteiger partial charge on any atom is 0.0994 e. The third kappa shape index (κ3) is 3.47. The van der Waals surface area contributed by atoms with Crippen molar-refractivity contribution in [3.8, 4) is 6.07 Å². The summed E-state index contributed by atoms with van der Waals surface area (Å²) < 4.78 is 5.28. The zero-order valence-electron chi connectivity index (χ0n) is 9.21. The summed E-state index contributed by atoms with van der Waals surface area (Å²) in [6.07, 6.45) is 0.847. The lowest BCUT2D eigenvalue weighted by atomic mass is 10.0. The molecule has 78 valence electrons. The van der Waals surface area contributed by atoms with Gasteiger partial charge in [0.1, 0.15) is 0 Å². The molecular formula is C13H15NO. The van der Waals surface area contributed by atoms with Crippen molar-refractivity contribution in [3.05, 3.63) is 47.2 Å². The normalized spacial score (nSPS) is 9.40. The van der Waals surface area contributed by atoms with Crippen LogP contribution in [0.5, 0.6) is 0 Å². The van der Waals surface area contributed by atoms with E-state index in [1.807, 2.05) is 32.0 Å². The molecule has 1 aromatic carbocycles. The summed E-state index contributed by atoms with van der Waals surface area (Å²) >= 11 is 0. The van der Waals surface area contributed by atoms with E-state index in [9.17, 15) is 0 Å². The molecule has 15 heavy (non-hydrogen) atoms. The number of allylic oxidation sites excluding steroid dienone is 1. The number of benzene rings is 1. The van der Waals surface area contributed by atoms with Gasteiger partial charge in [-0.1, -0.05) is 18.7 Å². The lowest BCUT2D eigenvalue weighted by Crippen LogP contribution is -1.97. The number of ether oxygens (including phenoxy) is 1. The van der Waals surface area contributed by atoms with E-state index in [1.165, 1.54) is 5.56 Å². The van der Waals surface area contributed by atoms with E-state index in [0.717, 1.165) is 23.3 Å². The monoisotopic (exact) mass is 201 g/mol. The van der Waals surface area contributed by atoms with Gasteiger partial charge in [-0.25, -0.2) is 0 Å². The highest BCUT2D eigenvalue weighted by Crippen LogP contribution is 2.10. The Labute approximate surface area is 90.8 Å². The fraction of sp³-hybridized carbons (Fsp3) is 0.308. The maximum atomic E-state index is 8.77. The minimum atomic E-state index is 0.640. The van der Waals surface area contributed by atoms with Crippen molar-refractivity contribution < 1.29 is 4.74 Å². The van der Waals surface area contributed by atoms with E-state index in [0.29, 0.717) is 6.61 Å². The van der Waals surface area contributed by atoms with Gasteiger partial charge in [-0.05, 0) is 31.0 Å². The van der Waals surface area contributed by atoms with Crippen LogP contribution in [0.25, 0.3) is 0 Å². The van der Waals surface area contributed by atoms with Crippen molar-refractivity contribution in [2.24, 2.45) is 0 Å². The molecule has 1 rings (SSSR count). The molecule has 0 aliphatic heterocycles. The van der Waals surface area contributed by atoms with E-state index in [1.54, 1.807) is 0 Å². The first-order valence-corrected chi connectivity index (χ1v) is 4.91. The Kier molecular flexibility index (Phi) is 3.93. The van der Waals surface area contributed by atoms with Crippen LogP contribution in [0, 0.1) is 18.3 Å². The van der Waals surface area contributed by atoms with Crippen LogP contribution in [0.15, 0.2) is 30.5 Å². The van der Waals surface area contributed by atoms with Crippen LogP contribution in [-0.2, 0) is 11.2 Å². The van der Waals surface area contributed by atoms with E-state index >= 15 is 0 Å². The Balaban J connectivity index is 2.60. The van der Waals surface area contributed by atoms with Gasteiger partial charge in [0.2, 0.25) is 0 Å². The van der Waals surface area contributed by atoms with Gasteiger partial charge >= 0.3 is 0 Å². The molecule has 0 N–H and O–H groups in total. The third-order valence-electron chi connectivity index (χ3n) is 2.15. The van der Waals surface area contributed by atoms with Crippen LogP contribution in [-0.4, -0.2) is 6.61 Å². The van der Waals surface area contributed by atoms with Crippen LogP contribution in [0.1, 0.15) is 23.6 Å². The minimum absolute atomic E-state index is 0.640. The second-order valence-corrected chi connectivity index (χ2v) is 3.56. The lowest BCUT2D eigenvalue weighted by Gasteiger charge is -2.06. The molecule has 0 bridgehead atoms. The van der Waals surface area contributed by atoms with E-state index < -0.39 is 0 Å². The van der Waals surface area contributed by atoms with Crippen LogP contribution < -0.4 is 0 Å². The van der Waals surface area contributed by atoms with Gasteiger partial charge in [0.15, 0.2) is 0 Å². The highest BCUT2D eigenvalue weighted by atomic mass is 16.5. The highest BCUT2D eigenvalue weighted by Gasteiger charge is 1.99. The first-order chi connectivity index (χ1) is 7.13. The Morgan fingerprint density at radius 3 is 2.80 bits per heavy atom. The first-order valence-electron chi connectivity index (χ1n) is 4.91. The van der Waals surface area contributed by atoms with Gasteiger partial charge in [-0.3, -0.25) is 0 Å². The maximum absolute atomic E-state index is 8.77. The van der Waals surface area contributed by atoms with Crippen LogP contribution >= 0.6 is 0 Å². The van der Waals surface area contributed by atoms with Crippen molar-refractivity contribution in [1.82, 2.24) is 0 Å². The Morgan fingerprint density at radius 2 is 2.27 bits per heavy atom. The predicted molar refractivity (Wildman–Crippen MR) is 60.4 cm³/mol. The molecule has 2 heteroatoms. The lowest BCUT2D eigenvalue weighted by molar-refractivity contribution is 0.219. The summed E-state index contributed by atoms with van der Waals surface area (Å²) in [5.74, 6) is 0.736. The fourth-order valence-electron chi connectivity index (χ4n) is 1.35. The Bertz CT molecular complexity index is 401. The Morgan fingerprint density at radius 1 is 1.53 bits per heavy atom. The summed E-state index contributed by atoms with van der Waals surface area (Å²) in [7, 11) is 0. The van der Waals surface area contributed by atoms with Crippen LogP contribution in [0.2, 0.25) is 0 Å². The largest absolute Gasteiger partial charge is 0.499 e. The standard InChI is InChI=1S/C13H15NO/c1-10(2)15-7-6-12-4-5-13(9-14)11(3)8-12/h4-5,8H,1,6-7H2,2-3H3. The molecule has 0 aliphatic carbocycles. The summed E-state index contributed by atoms with van der Waals surface area (Å²) in [6.45, 7) is 8.09.